The third kappa shape index (κ3) is 4.94. The van der Waals surface area contributed by atoms with Crippen LogP contribution in [0.15, 0.2) is 84.9 Å². The number of rotatable bonds is 6. The van der Waals surface area contributed by atoms with Crippen LogP contribution in [0.5, 0.6) is 5.75 Å². The summed E-state index contributed by atoms with van der Waals surface area (Å²) in [6, 6.07) is 30.3. The molecule has 2 aliphatic rings. The quantitative estimate of drug-likeness (QED) is 0.435. The molecule has 1 aliphatic carbocycles. The third-order valence-electron chi connectivity index (χ3n) is 7.73. The van der Waals surface area contributed by atoms with Crippen molar-refractivity contribution in [1.29, 1.82) is 0 Å². The maximum absolute atomic E-state index is 6.23. The fraction of sp³-hybridized carbons (Fsp3) is 0.400. The lowest BCUT2D eigenvalue weighted by Gasteiger charge is -2.51. The van der Waals surface area contributed by atoms with E-state index in [1.807, 2.05) is 0 Å². The summed E-state index contributed by atoms with van der Waals surface area (Å²) in [6.45, 7) is 7.43. The van der Waals surface area contributed by atoms with Crippen molar-refractivity contribution in [3.05, 3.63) is 96.1 Å². The maximum Gasteiger partial charge on any atom is 0.120 e. The second-order valence-corrected chi connectivity index (χ2v) is 9.83. The first-order chi connectivity index (χ1) is 16.2. The van der Waals surface area contributed by atoms with E-state index < -0.39 is 0 Å². The molecule has 0 unspecified atom stereocenters. The van der Waals surface area contributed by atoms with Crippen LogP contribution in [0.2, 0.25) is 0 Å². The summed E-state index contributed by atoms with van der Waals surface area (Å²) in [5.74, 6) is 1.80. The van der Waals surface area contributed by atoms with E-state index in [0.29, 0.717) is 6.61 Å². The Morgan fingerprint density at radius 1 is 0.788 bits per heavy atom. The monoisotopic (exact) mass is 440 g/mol. The molecular weight excluding hydrogens is 404 g/mol. The Hall–Kier alpha value is -2.78. The molecule has 3 aromatic carbocycles. The Labute approximate surface area is 199 Å². The molecule has 0 atom stereocenters. The Balaban J connectivity index is 1.34. The lowest BCUT2D eigenvalue weighted by molar-refractivity contribution is 0.0297. The number of anilines is 1. The van der Waals surface area contributed by atoms with Gasteiger partial charge in [-0.1, -0.05) is 67.6 Å². The largest absolute Gasteiger partial charge is 0.489 e. The van der Waals surface area contributed by atoms with Gasteiger partial charge >= 0.3 is 0 Å². The van der Waals surface area contributed by atoms with Gasteiger partial charge in [-0.2, -0.15) is 0 Å². The standard InChI is InChI=1S/C30H36N2O/c1-25-15-17-30(18-16-25,32-21-19-31(20-22-32)28-12-6-3-7-13-28)27-11-8-14-29(23-27)33-24-26-9-4-2-5-10-26/h2-14,23,25H,15-22,24H2,1H3. The van der Waals surface area contributed by atoms with Gasteiger partial charge in [0.25, 0.3) is 0 Å². The molecule has 1 aliphatic heterocycles. The van der Waals surface area contributed by atoms with E-state index in [0.717, 1.165) is 37.8 Å². The average molecular weight is 441 g/mol. The highest BCUT2D eigenvalue weighted by atomic mass is 16.5. The molecule has 5 rings (SSSR count). The van der Waals surface area contributed by atoms with E-state index in [-0.39, 0.29) is 5.54 Å². The van der Waals surface area contributed by atoms with Crippen molar-refractivity contribution in [2.24, 2.45) is 5.92 Å². The number of piperazine rings is 1. The van der Waals surface area contributed by atoms with Crippen LogP contribution in [0.3, 0.4) is 0 Å². The van der Waals surface area contributed by atoms with Crippen LogP contribution < -0.4 is 9.64 Å². The number of hydrogen-bond acceptors (Lipinski definition) is 3. The van der Waals surface area contributed by atoms with Crippen LogP contribution in [0, 0.1) is 5.92 Å². The molecule has 0 N–H and O–H groups in total. The van der Waals surface area contributed by atoms with Crippen molar-refractivity contribution in [2.45, 2.75) is 44.8 Å². The molecular formula is C30H36N2O. The van der Waals surface area contributed by atoms with E-state index in [2.05, 4.69) is 102 Å². The van der Waals surface area contributed by atoms with E-state index in [4.69, 9.17) is 4.74 Å². The summed E-state index contributed by atoms with van der Waals surface area (Å²) in [5.41, 5.74) is 4.12. The van der Waals surface area contributed by atoms with E-state index in [1.54, 1.807) is 0 Å². The summed E-state index contributed by atoms with van der Waals surface area (Å²) in [5, 5.41) is 0. The second kappa shape index (κ2) is 10.0. The van der Waals surface area contributed by atoms with Gasteiger partial charge in [0.2, 0.25) is 0 Å². The molecule has 0 bridgehead atoms. The van der Waals surface area contributed by atoms with Gasteiger partial charge in [0.05, 0.1) is 0 Å². The predicted octanol–water partition coefficient (Wildman–Crippen LogP) is 6.49. The zero-order chi connectivity index (χ0) is 22.5. The van der Waals surface area contributed by atoms with E-state index >= 15 is 0 Å². The highest BCUT2D eigenvalue weighted by molar-refractivity contribution is 5.46. The molecule has 3 heteroatoms. The van der Waals surface area contributed by atoms with Crippen LogP contribution in [0.1, 0.15) is 43.7 Å². The first-order valence-electron chi connectivity index (χ1n) is 12.6. The van der Waals surface area contributed by atoms with Crippen LogP contribution in [-0.4, -0.2) is 31.1 Å². The minimum absolute atomic E-state index is 0.126. The first-order valence-corrected chi connectivity index (χ1v) is 12.6. The summed E-state index contributed by atoms with van der Waals surface area (Å²) >= 11 is 0. The van der Waals surface area contributed by atoms with Crippen molar-refractivity contribution >= 4 is 5.69 Å². The second-order valence-electron chi connectivity index (χ2n) is 9.83. The zero-order valence-electron chi connectivity index (χ0n) is 19.8. The highest BCUT2D eigenvalue weighted by Gasteiger charge is 2.42. The summed E-state index contributed by atoms with van der Waals surface area (Å²) in [7, 11) is 0. The fourth-order valence-electron chi connectivity index (χ4n) is 5.67. The van der Waals surface area contributed by atoms with Crippen molar-refractivity contribution in [3.63, 3.8) is 0 Å². The summed E-state index contributed by atoms with van der Waals surface area (Å²) in [6.07, 6.45) is 5.07. The van der Waals surface area contributed by atoms with Gasteiger partial charge in [-0.3, -0.25) is 4.90 Å². The topological polar surface area (TPSA) is 15.7 Å². The number of nitrogens with zero attached hydrogens (tertiary/aromatic N) is 2. The molecule has 3 nitrogen and oxygen atoms in total. The molecule has 0 aromatic heterocycles. The molecule has 1 saturated heterocycles. The molecule has 2 fully saturated rings. The number of benzene rings is 3. The Morgan fingerprint density at radius 2 is 1.45 bits per heavy atom. The predicted molar refractivity (Wildman–Crippen MR) is 137 cm³/mol. The molecule has 172 valence electrons. The molecule has 0 spiro atoms. The SMILES string of the molecule is CC1CCC(c2cccc(OCc3ccccc3)c2)(N2CCN(c3ccccc3)CC2)CC1. The molecule has 0 radical (unpaired) electrons. The van der Waals surface area contributed by atoms with Crippen LogP contribution in [0.4, 0.5) is 5.69 Å². The Kier molecular flexibility index (Phi) is 6.68. The molecule has 1 saturated carbocycles. The normalized spacial score (nSPS) is 23.9. The minimum Gasteiger partial charge on any atom is -0.489 e. The van der Waals surface area contributed by atoms with Gasteiger partial charge in [0.15, 0.2) is 0 Å². The fourth-order valence-corrected chi connectivity index (χ4v) is 5.67. The van der Waals surface area contributed by atoms with Gasteiger partial charge in [0, 0.05) is 37.4 Å². The van der Waals surface area contributed by atoms with Crippen LogP contribution >= 0.6 is 0 Å². The Bertz CT molecular complexity index is 1000. The average Bonchev–Trinajstić information content (AvgIpc) is 2.90. The molecule has 33 heavy (non-hydrogen) atoms. The van der Waals surface area contributed by atoms with Crippen molar-refractivity contribution < 1.29 is 4.74 Å². The van der Waals surface area contributed by atoms with E-state index in [9.17, 15) is 0 Å². The lowest BCUT2D eigenvalue weighted by Crippen LogP contribution is -2.56. The van der Waals surface area contributed by atoms with Gasteiger partial charge < -0.3 is 9.64 Å². The number of ether oxygens (including phenoxy) is 1. The zero-order valence-corrected chi connectivity index (χ0v) is 19.8. The van der Waals surface area contributed by atoms with Crippen molar-refractivity contribution in [3.8, 4) is 5.75 Å². The van der Waals surface area contributed by atoms with Gasteiger partial charge in [-0.15, -0.1) is 0 Å². The Morgan fingerprint density at radius 3 is 2.15 bits per heavy atom. The number of para-hydroxylation sites is 1. The third-order valence-corrected chi connectivity index (χ3v) is 7.73. The first kappa shape index (κ1) is 22.0. The molecule has 3 aromatic rings. The minimum atomic E-state index is 0.126. The lowest BCUT2D eigenvalue weighted by atomic mass is 9.71. The van der Waals surface area contributed by atoms with Gasteiger partial charge in [0.1, 0.15) is 12.4 Å². The van der Waals surface area contributed by atoms with Crippen molar-refractivity contribution in [1.82, 2.24) is 4.90 Å². The van der Waals surface area contributed by atoms with Crippen molar-refractivity contribution in [2.75, 3.05) is 31.1 Å². The van der Waals surface area contributed by atoms with E-state index in [1.165, 1.54) is 42.5 Å². The molecule has 1 heterocycles. The maximum atomic E-state index is 6.23. The van der Waals surface area contributed by atoms with Gasteiger partial charge in [-0.25, -0.2) is 0 Å². The van der Waals surface area contributed by atoms with Gasteiger partial charge in [-0.05, 0) is 67.0 Å². The number of hydrogen-bond donors (Lipinski definition) is 0. The molecule has 0 amide bonds. The van der Waals surface area contributed by atoms with Crippen LogP contribution in [0.25, 0.3) is 0 Å². The summed E-state index contributed by atoms with van der Waals surface area (Å²) < 4.78 is 6.23. The summed E-state index contributed by atoms with van der Waals surface area (Å²) in [4.78, 5) is 5.32. The smallest absolute Gasteiger partial charge is 0.120 e. The van der Waals surface area contributed by atoms with Crippen LogP contribution in [-0.2, 0) is 12.1 Å². The highest BCUT2D eigenvalue weighted by Crippen LogP contribution is 2.45.